The highest BCUT2D eigenvalue weighted by Gasteiger charge is 2.22. The van der Waals surface area contributed by atoms with Crippen LogP contribution >= 0.6 is 23.1 Å². The Morgan fingerprint density at radius 2 is 2.24 bits per heavy atom. The van der Waals surface area contributed by atoms with E-state index in [2.05, 4.69) is 5.32 Å². The van der Waals surface area contributed by atoms with Gasteiger partial charge in [0.25, 0.3) is 5.91 Å². The third-order valence-corrected chi connectivity index (χ3v) is 6.07. The number of benzene rings is 1. The van der Waals surface area contributed by atoms with Crippen molar-refractivity contribution < 1.29 is 9.90 Å². The monoisotopic (exact) mass is 324 g/mol. The van der Waals surface area contributed by atoms with Crippen LogP contribution in [0.15, 0.2) is 18.2 Å². The lowest BCUT2D eigenvalue weighted by Crippen LogP contribution is -2.41. The Morgan fingerprint density at radius 3 is 2.81 bits per heavy atom. The Bertz CT molecular complexity index is 650. The molecule has 0 saturated heterocycles. The Hall–Kier alpha value is -1.24. The molecular formula is C15H20N2O2S2. The number of amides is 1. The lowest BCUT2D eigenvalue weighted by molar-refractivity contribution is 0.0941. The standard InChI is InChI=1S/C15H20N2O2S2/c1-8-5-4-6-10-12(16)14(21-13(8)10)15(19)17-9(2)11(7-18)20-3/h4-6,9,11,18H,7,16H2,1-3H3,(H,17,19). The van der Waals surface area contributed by atoms with E-state index in [0.717, 1.165) is 15.6 Å². The van der Waals surface area contributed by atoms with Gasteiger partial charge in [0, 0.05) is 21.4 Å². The number of nitrogen functional groups attached to an aromatic ring is 1. The molecule has 0 aliphatic heterocycles. The Morgan fingerprint density at radius 1 is 1.52 bits per heavy atom. The number of hydrogen-bond donors (Lipinski definition) is 3. The van der Waals surface area contributed by atoms with Crippen molar-refractivity contribution in [3.8, 4) is 0 Å². The molecule has 0 spiro atoms. The normalized spacial score (nSPS) is 14.1. The maximum absolute atomic E-state index is 12.4. The first-order valence-corrected chi connectivity index (χ1v) is 8.82. The number of thiophene rings is 1. The number of aliphatic hydroxyl groups is 1. The van der Waals surface area contributed by atoms with Crippen molar-refractivity contribution in [2.24, 2.45) is 0 Å². The molecule has 0 fully saturated rings. The largest absolute Gasteiger partial charge is 0.397 e. The fourth-order valence-corrected chi connectivity index (χ4v) is 3.97. The van der Waals surface area contributed by atoms with Gasteiger partial charge in [0.2, 0.25) is 0 Å². The van der Waals surface area contributed by atoms with Crippen LogP contribution in [-0.4, -0.2) is 35.2 Å². The van der Waals surface area contributed by atoms with Crippen molar-refractivity contribution >= 4 is 44.8 Å². The summed E-state index contributed by atoms with van der Waals surface area (Å²) in [6.45, 7) is 3.94. The van der Waals surface area contributed by atoms with E-state index in [-0.39, 0.29) is 23.8 Å². The summed E-state index contributed by atoms with van der Waals surface area (Å²) >= 11 is 2.96. The van der Waals surface area contributed by atoms with Crippen molar-refractivity contribution in [2.75, 3.05) is 18.6 Å². The first-order valence-electron chi connectivity index (χ1n) is 6.71. The molecule has 21 heavy (non-hydrogen) atoms. The summed E-state index contributed by atoms with van der Waals surface area (Å²) in [6.07, 6.45) is 1.92. The molecule has 2 unspecified atom stereocenters. The minimum atomic E-state index is -0.173. The van der Waals surface area contributed by atoms with Crippen LogP contribution in [0.3, 0.4) is 0 Å². The van der Waals surface area contributed by atoms with Crippen LogP contribution in [0, 0.1) is 6.92 Å². The smallest absolute Gasteiger partial charge is 0.263 e. The number of anilines is 1. The van der Waals surface area contributed by atoms with Gasteiger partial charge in [0.05, 0.1) is 12.3 Å². The molecule has 6 heteroatoms. The fourth-order valence-electron chi connectivity index (χ4n) is 2.25. The van der Waals surface area contributed by atoms with Crippen LogP contribution in [0.5, 0.6) is 0 Å². The number of carbonyl (C=O) groups excluding carboxylic acids is 1. The zero-order valence-electron chi connectivity index (χ0n) is 12.3. The number of carbonyl (C=O) groups is 1. The fraction of sp³-hybridized carbons (Fsp3) is 0.400. The number of nitrogens with two attached hydrogens (primary N) is 1. The lowest BCUT2D eigenvalue weighted by atomic mass is 10.1. The van der Waals surface area contributed by atoms with E-state index >= 15 is 0 Å². The number of aliphatic hydroxyl groups excluding tert-OH is 1. The number of hydrogen-bond acceptors (Lipinski definition) is 5. The summed E-state index contributed by atoms with van der Waals surface area (Å²) in [5, 5.41) is 13.1. The Labute approximate surface area is 132 Å². The van der Waals surface area contributed by atoms with Gasteiger partial charge >= 0.3 is 0 Å². The summed E-state index contributed by atoms with van der Waals surface area (Å²) in [5.74, 6) is -0.173. The van der Waals surface area contributed by atoms with E-state index in [0.29, 0.717) is 10.6 Å². The first-order chi connectivity index (χ1) is 9.99. The van der Waals surface area contributed by atoms with E-state index in [1.165, 1.54) is 23.1 Å². The highest BCUT2D eigenvalue weighted by Crippen LogP contribution is 2.35. The zero-order chi connectivity index (χ0) is 15.6. The number of fused-ring (bicyclic) bond motifs is 1. The van der Waals surface area contributed by atoms with E-state index in [9.17, 15) is 9.90 Å². The SMILES string of the molecule is CSC(CO)C(C)NC(=O)c1sc2c(C)cccc2c1N. The van der Waals surface area contributed by atoms with Crippen molar-refractivity contribution in [3.63, 3.8) is 0 Å². The molecule has 2 rings (SSSR count). The molecule has 0 aliphatic rings. The molecule has 4 nitrogen and oxygen atoms in total. The maximum Gasteiger partial charge on any atom is 0.263 e. The summed E-state index contributed by atoms with van der Waals surface area (Å²) in [7, 11) is 0. The van der Waals surface area contributed by atoms with E-state index in [4.69, 9.17) is 5.73 Å². The third-order valence-electron chi connectivity index (χ3n) is 3.56. The zero-order valence-corrected chi connectivity index (χ0v) is 14.0. The molecule has 0 saturated carbocycles. The second kappa shape index (κ2) is 6.68. The van der Waals surface area contributed by atoms with Crippen LogP contribution in [-0.2, 0) is 0 Å². The Kier molecular flexibility index (Phi) is 5.13. The van der Waals surface area contributed by atoms with Crippen LogP contribution in [0.2, 0.25) is 0 Å². The molecule has 1 aromatic heterocycles. The van der Waals surface area contributed by atoms with E-state index in [1.54, 1.807) is 0 Å². The average Bonchev–Trinajstić information content (AvgIpc) is 2.79. The van der Waals surface area contributed by atoms with Crippen molar-refractivity contribution in [3.05, 3.63) is 28.6 Å². The molecule has 1 heterocycles. The Balaban J connectivity index is 2.28. The minimum absolute atomic E-state index is 0.0220. The second-order valence-electron chi connectivity index (χ2n) is 5.02. The van der Waals surface area contributed by atoms with Crippen LogP contribution in [0.25, 0.3) is 10.1 Å². The van der Waals surface area contributed by atoms with Gasteiger partial charge in [-0.3, -0.25) is 4.79 Å². The van der Waals surface area contributed by atoms with Gasteiger partial charge in [-0.05, 0) is 25.7 Å². The van der Waals surface area contributed by atoms with Gasteiger partial charge < -0.3 is 16.2 Å². The number of nitrogens with one attached hydrogen (secondary N) is 1. The lowest BCUT2D eigenvalue weighted by Gasteiger charge is -2.21. The minimum Gasteiger partial charge on any atom is -0.397 e. The molecule has 114 valence electrons. The second-order valence-corrected chi connectivity index (χ2v) is 7.11. The summed E-state index contributed by atoms with van der Waals surface area (Å²) < 4.78 is 1.05. The summed E-state index contributed by atoms with van der Waals surface area (Å²) in [6, 6.07) is 5.77. The molecule has 1 amide bonds. The number of thioether (sulfide) groups is 1. The summed E-state index contributed by atoms with van der Waals surface area (Å²) in [4.78, 5) is 13.0. The van der Waals surface area contributed by atoms with Gasteiger partial charge in [0.1, 0.15) is 4.88 Å². The van der Waals surface area contributed by atoms with Crippen molar-refractivity contribution in [1.29, 1.82) is 0 Å². The molecule has 4 N–H and O–H groups in total. The maximum atomic E-state index is 12.4. The van der Waals surface area contributed by atoms with Gasteiger partial charge in [-0.15, -0.1) is 11.3 Å². The molecule has 0 bridgehead atoms. The summed E-state index contributed by atoms with van der Waals surface area (Å²) in [5.41, 5.74) is 7.78. The number of aryl methyl sites for hydroxylation is 1. The first kappa shape index (κ1) is 16.1. The topological polar surface area (TPSA) is 75.3 Å². The predicted octanol–water partition coefficient (Wildman–Crippen LogP) is 2.63. The molecular weight excluding hydrogens is 304 g/mol. The molecule has 2 atom stereocenters. The van der Waals surface area contributed by atoms with Crippen LogP contribution in [0.4, 0.5) is 5.69 Å². The predicted molar refractivity (Wildman–Crippen MR) is 92.3 cm³/mol. The average molecular weight is 324 g/mol. The van der Waals surface area contributed by atoms with Gasteiger partial charge in [-0.1, -0.05) is 18.2 Å². The molecule has 1 aromatic carbocycles. The van der Waals surface area contributed by atoms with Crippen LogP contribution < -0.4 is 11.1 Å². The third kappa shape index (κ3) is 3.17. The number of rotatable bonds is 5. The molecule has 0 aliphatic carbocycles. The van der Waals surface area contributed by atoms with Crippen LogP contribution in [0.1, 0.15) is 22.2 Å². The van der Waals surface area contributed by atoms with Gasteiger partial charge in [-0.2, -0.15) is 11.8 Å². The van der Waals surface area contributed by atoms with E-state index < -0.39 is 0 Å². The van der Waals surface area contributed by atoms with Gasteiger partial charge in [0.15, 0.2) is 0 Å². The van der Waals surface area contributed by atoms with Crippen molar-refractivity contribution in [1.82, 2.24) is 5.32 Å². The van der Waals surface area contributed by atoms with Gasteiger partial charge in [-0.25, -0.2) is 0 Å². The highest BCUT2D eigenvalue weighted by molar-refractivity contribution is 7.99. The van der Waals surface area contributed by atoms with Crippen molar-refractivity contribution in [2.45, 2.75) is 25.1 Å². The molecule has 2 aromatic rings. The quantitative estimate of drug-likeness (QED) is 0.790. The molecule has 0 radical (unpaired) electrons. The van der Waals surface area contributed by atoms with E-state index in [1.807, 2.05) is 38.3 Å². The highest BCUT2D eigenvalue weighted by atomic mass is 32.2.